The van der Waals surface area contributed by atoms with Crippen molar-refractivity contribution in [2.45, 2.75) is 39.8 Å². The first-order valence-electron chi connectivity index (χ1n) is 5.60. The van der Waals surface area contributed by atoms with Gasteiger partial charge in [-0.15, -0.1) is 0 Å². The number of aliphatic hydroxyl groups excluding tert-OH is 1. The fourth-order valence-electron chi connectivity index (χ4n) is 1.59. The van der Waals surface area contributed by atoms with Crippen LogP contribution in [0.25, 0.3) is 0 Å². The number of hydrogen-bond acceptors (Lipinski definition) is 2. The van der Waals surface area contributed by atoms with Crippen molar-refractivity contribution in [2.24, 2.45) is 0 Å². The van der Waals surface area contributed by atoms with Gasteiger partial charge in [0.15, 0.2) is 0 Å². The van der Waals surface area contributed by atoms with Gasteiger partial charge in [0.25, 0.3) is 0 Å². The lowest BCUT2D eigenvalue weighted by molar-refractivity contribution is 0.187. The van der Waals surface area contributed by atoms with Crippen LogP contribution in [0, 0.1) is 13.8 Å². The lowest BCUT2D eigenvalue weighted by Gasteiger charge is -2.18. The van der Waals surface area contributed by atoms with Gasteiger partial charge in [0.1, 0.15) is 0 Å². The van der Waals surface area contributed by atoms with Crippen LogP contribution in [-0.2, 0) is 0 Å². The summed E-state index contributed by atoms with van der Waals surface area (Å²) in [5, 5.41) is 13.3. The molecule has 0 amide bonds. The Morgan fingerprint density at radius 1 is 1.25 bits per heavy atom. The Hall–Kier alpha value is -0.570. The highest BCUT2D eigenvalue weighted by Gasteiger charge is 2.11. The molecule has 2 atom stereocenters. The number of halogens is 1. The van der Waals surface area contributed by atoms with Crippen LogP contribution in [0.5, 0.6) is 0 Å². The predicted octanol–water partition coefficient (Wildman–Crippen LogP) is 2.99. The van der Waals surface area contributed by atoms with E-state index in [1.54, 1.807) is 6.92 Å². The van der Waals surface area contributed by atoms with Crippen LogP contribution in [0.4, 0.5) is 0 Å². The maximum atomic E-state index is 9.22. The molecule has 1 rings (SSSR count). The molecule has 0 fully saturated rings. The van der Waals surface area contributed by atoms with Crippen molar-refractivity contribution < 1.29 is 5.11 Å². The van der Waals surface area contributed by atoms with Crippen LogP contribution in [0.3, 0.4) is 0 Å². The maximum Gasteiger partial charge on any atom is 0.0636 e. The highest BCUT2D eigenvalue weighted by Crippen LogP contribution is 2.26. The average molecular weight is 242 g/mol. The molecule has 1 aromatic rings. The SMILES string of the molecule is Cc1cc(Cl)c(C(C)NCC(C)O)cc1C. The van der Waals surface area contributed by atoms with E-state index in [0.717, 1.165) is 10.6 Å². The van der Waals surface area contributed by atoms with E-state index in [2.05, 4.69) is 32.2 Å². The normalized spacial score (nSPS) is 14.9. The van der Waals surface area contributed by atoms with Crippen LogP contribution in [-0.4, -0.2) is 17.8 Å². The summed E-state index contributed by atoms with van der Waals surface area (Å²) >= 11 is 6.21. The third kappa shape index (κ3) is 3.48. The number of aryl methyl sites for hydroxylation is 2. The molecule has 0 aliphatic heterocycles. The first kappa shape index (κ1) is 13.5. The Morgan fingerprint density at radius 3 is 2.38 bits per heavy atom. The van der Waals surface area contributed by atoms with Gasteiger partial charge in [-0.05, 0) is 50.5 Å². The second-order valence-electron chi connectivity index (χ2n) is 4.44. The zero-order valence-corrected chi connectivity index (χ0v) is 11.1. The summed E-state index contributed by atoms with van der Waals surface area (Å²) in [4.78, 5) is 0. The first-order valence-corrected chi connectivity index (χ1v) is 5.97. The Kier molecular flexibility index (Phi) is 4.78. The van der Waals surface area contributed by atoms with Crippen molar-refractivity contribution in [1.82, 2.24) is 5.32 Å². The molecular weight excluding hydrogens is 222 g/mol. The molecule has 1 aromatic carbocycles. The fraction of sp³-hybridized carbons (Fsp3) is 0.538. The summed E-state index contributed by atoms with van der Waals surface area (Å²) < 4.78 is 0. The zero-order chi connectivity index (χ0) is 12.3. The third-order valence-electron chi connectivity index (χ3n) is 2.80. The zero-order valence-electron chi connectivity index (χ0n) is 10.3. The molecule has 0 spiro atoms. The van der Waals surface area contributed by atoms with Gasteiger partial charge in [-0.25, -0.2) is 0 Å². The monoisotopic (exact) mass is 241 g/mol. The van der Waals surface area contributed by atoms with Gasteiger partial charge < -0.3 is 10.4 Å². The molecule has 16 heavy (non-hydrogen) atoms. The highest BCUT2D eigenvalue weighted by atomic mass is 35.5. The van der Waals surface area contributed by atoms with Crippen LogP contribution in [0.2, 0.25) is 5.02 Å². The van der Waals surface area contributed by atoms with Crippen molar-refractivity contribution in [3.8, 4) is 0 Å². The van der Waals surface area contributed by atoms with Gasteiger partial charge in [-0.2, -0.15) is 0 Å². The predicted molar refractivity (Wildman–Crippen MR) is 69.0 cm³/mol. The van der Waals surface area contributed by atoms with Crippen LogP contribution < -0.4 is 5.32 Å². The summed E-state index contributed by atoms with van der Waals surface area (Å²) in [6.45, 7) is 8.53. The first-order chi connectivity index (χ1) is 7.41. The number of nitrogens with one attached hydrogen (secondary N) is 1. The molecule has 0 saturated carbocycles. The minimum atomic E-state index is -0.340. The molecule has 90 valence electrons. The molecule has 2 nitrogen and oxygen atoms in total. The van der Waals surface area contributed by atoms with Gasteiger partial charge >= 0.3 is 0 Å². The summed E-state index contributed by atoms with van der Waals surface area (Å²) in [5.74, 6) is 0. The van der Waals surface area contributed by atoms with Crippen molar-refractivity contribution >= 4 is 11.6 Å². The molecule has 3 heteroatoms. The largest absolute Gasteiger partial charge is 0.392 e. The smallest absolute Gasteiger partial charge is 0.0636 e. The van der Waals surface area contributed by atoms with E-state index in [0.29, 0.717) is 6.54 Å². The van der Waals surface area contributed by atoms with E-state index < -0.39 is 0 Å². The molecular formula is C13H20ClNO. The Bertz CT molecular complexity index is 363. The fourth-order valence-corrected chi connectivity index (χ4v) is 1.97. The number of rotatable bonds is 4. The second kappa shape index (κ2) is 5.67. The van der Waals surface area contributed by atoms with Gasteiger partial charge in [0.05, 0.1) is 6.10 Å². The van der Waals surface area contributed by atoms with Crippen molar-refractivity contribution in [1.29, 1.82) is 0 Å². The molecule has 0 aliphatic carbocycles. The Morgan fingerprint density at radius 2 is 1.81 bits per heavy atom. The van der Waals surface area contributed by atoms with Crippen LogP contribution in [0.1, 0.15) is 36.6 Å². The standard InChI is InChI=1S/C13H20ClNO/c1-8-5-12(13(14)6-9(8)2)11(4)15-7-10(3)16/h5-6,10-11,15-16H,7H2,1-4H3. The van der Waals surface area contributed by atoms with E-state index in [9.17, 15) is 5.11 Å². The minimum Gasteiger partial charge on any atom is -0.392 e. The van der Waals surface area contributed by atoms with Crippen LogP contribution >= 0.6 is 11.6 Å². The second-order valence-corrected chi connectivity index (χ2v) is 4.84. The lowest BCUT2D eigenvalue weighted by Crippen LogP contribution is -2.27. The average Bonchev–Trinajstić information content (AvgIpc) is 2.20. The van der Waals surface area contributed by atoms with E-state index in [1.165, 1.54) is 11.1 Å². The highest BCUT2D eigenvalue weighted by molar-refractivity contribution is 6.31. The molecule has 0 heterocycles. The molecule has 0 bridgehead atoms. The van der Waals surface area contributed by atoms with Gasteiger partial charge in [0, 0.05) is 17.6 Å². The summed E-state index contributed by atoms with van der Waals surface area (Å²) in [7, 11) is 0. The Balaban J connectivity index is 2.82. The number of aliphatic hydroxyl groups is 1. The lowest BCUT2D eigenvalue weighted by atomic mass is 10.0. The summed E-state index contributed by atoms with van der Waals surface area (Å²) in [6.07, 6.45) is -0.340. The number of hydrogen-bond donors (Lipinski definition) is 2. The summed E-state index contributed by atoms with van der Waals surface area (Å²) in [5.41, 5.74) is 3.53. The molecule has 0 saturated heterocycles. The van der Waals surface area contributed by atoms with Gasteiger partial charge in [-0.1, -0.05) is 17.7 Å². The summed E-state index contributed by atoms with van der Waals surface area (Å²) in [6, 6.07) is 4.26. The molecule has 0 aliphatic rings. The third-order valence-corrected chi connectivity index (χ3v) is 3.13. The van der Waals surface area contributed by atoms with E-state index >= 15 is 0 Å². The topological polar surface area (TPSA) is 32.3 Å². The van der Waals surface area contributed by atoms with Gasteiger partial charge in [0.2, 0.25) is 0 Å². The minimum absolute atomic E-state index is 0.154. The van der Waals surface area contributed by atoms with E-state index in [1.807, 2.05) is 6.07 Å². The molecule has 2 N–H and O–H groups in total. The van der Waals surface area contributed by atoms with E-state index in [-0.39, 0.29) is 12.1 Å². The molecule has 0 aromatic heterocycles. The van der Waals surface area contributed by atoms with E-state index in [4.69, 9.17) is 11.6 Å². The van der Waals surface area contributed by atoms with Crippen LogP contribution in [0.15, 0.2) is 12.1 Å². The quantitative estimate of drug-likeness (QED) is 0.850. The molecule has 2 unspecified atom stereocenters. The molecule has 0 radical (unpaired) electrons. The van der Waals surface area contributed by atoms with Crippen molar-refractivity contribution in [3.05, 3.63) is 33.8 Å². The number of benzene rings is 1. The van der Waals surface area contributed by atoms with Crippen molar-refractivity contribution in [3.63, 3.8) is 0 Å². The van der Waals surface area contributed by atoms with Gasteiger partial charge in [-0.3, -0.25) is 0 Å². The Labute approximate surface area is 103 Å². The maximum absolute atomic E-state index is 9.22. The van der Waals surface area contributed by atoms with Crippen molar-refractivity contribution in [2.75, 3.05) is 6.54 Å².